The predicted octanol–water partition coefficient (Wildman–Crippen LogP) is 5.95. The highest BCUT2D eigenvalue weighted by Crippen LogP contribution is 2.34. The standard InChI is InChI=1S/C43H65NO8/c1-3-4-6-14-37(47)22-20-33-18-16-31-11-9-10-12-32(31)17-19-34(13-7-5-8-15-41(50)51)42(40(33)27-39(49)29-46)44-30-43(2,52)28-36-21-23-38(48)26-35(36)24-25-45/h9-12,20-23,26,34,37,39,42,44-49,52H,3-8,13-19,24-25,27-30H2,1-2H3,(H,50,51)/b22-20+,40-33+/t34-,37-,39-,42+,43-/m0/s1. The lowest BCUT2D eigenvalue weighted by Gasteiger charge is -2.36. The summed E-state index contributed by atoms with van der Waals surface area (Å²) in [5, 5.41) is 76.6. The van der Waals surface area contributed by atoms with Crippen molar-refractivity contribution < 1.29 is 40.5 Å². The molecule has 290 valence electrons. The molecule has 0 aromatic heterocycles. The van der Waals surface area contributed by atoms with Crippen molar-refractivity contribution in [2.24, 2.45) is 5.92 Å². The first kappa shape index (κ1) is 43.4. The fourth-order valence-corrected chi connectivity index (χ4v) is 7.56. The second-order valence-corrected chi connectivity index (χ2v) is 15.0. The molecule has 8 N–H and O–H groups in total. The Morgan fingerprint density at radius 1 is 0.981 bits per heavy atom. The van der Waals surface area contributed by atoms with Crippen molar-refractivity contribution >= 4 is 5.97 Å². The number of aromatic hydroxyl groups is 1. The number of carboxylic acid groups (broad SMARTS) is 1. The molecular formula is C43H65NO8. The fourth-order valence-electron chi connectivity index (χ4n) is 7.56. The first-order valence-corrected chi connectivity index (χ1v) is 19.5. The predicted molar refractivity (Wildman–Crippen MR) is 206 cm³/mol. The van der Waals surface area contributed by atoms with E-state index in [1.165, 1.54) is 11.1 Å². The van der Waals surface area contributed by atoms with E-state index in [1.54, 1.807) is 25.1 Å². The third-order valence-electron chi connectivity index (χ3n) is 10.4. The minimum Gasteiger partial charge on any atom is -0.508 e. The van der Waals surface area contributed by atoms with E-state index in [0.717, 1.165) is 80.1 Å². The number of aliphatic hydroxyl groups is 5. The second-order valence-electron chi connectivity index (χ2n) is 15.0. The number of carboxylic acids is 1. The molecule has 52 heavy (non-hydrogen) atoms. The molecule has 0 aliphatic heterocycles. The van der Waals surface area contributed by atoms with Crippen molar-refractivity contribution in [2.75, 3.05) is 19.8 Å². The largest absolute Gasteiger partial charge is 0.508 e. The molecule has 0 unspecified atom stereocenters. The molecule has 0 fully saturated rings. The lowest BCUT2D eigenvalue weighted by molar-refractivity contribution is -0.137. The van der Waals surface area contributed by atoms with Crippen LogP contribution in [0.15, 0.2) is 65.8 Å². The highest BCUT2D eigenvalue weighted by atomic mass is 16.4. The van der Waals surface area contributed by atoms with E-state index in [1.807, 2.05) is 12.2 Å². The molecule has 5 atom stereocenters. The van der Waals surface area contributed by atoms with Gasteiger partial charge in [0.2, 0.25) is 0 Å². The number of aliphatic hydroxyl groups excluding tert-OH is 4. The zero-order valence-electron chi connectivity index (χ0n) is 31.5. The average molecular weight is 724 g/mol. The van der Waals surface area contributed by atoms with Crippen molar-refractivity contribution in [3.8, 4) is 5.75 Å². The van der Waals surface area contributed by atoms with E-state index in [4.69, 9.17) is 0 Å². The van der Waals surface area contributed by atoms with Crippen molar-refractivity contribution in [1.29, 1.82) is 0 Å². The number of rotatable bonds is 22. The first-order valence-electron chi connectivity index (χ1n) is 19.5. The molecule has 1 aliphatic carbocycles. The molecular weight excluding hydrogens is 658 g/mol. The first-order chi connectivity index (χ1) is 25.0. The molecule has 0 amide bonds. The van der Waals surface area contributed by atoms with Gasteiger partial charge in [0.25, 0.3) is 0 Å². The number of carbonyl (C=O) groups is 1. The van der Waals surface area contributed by atoms with Crippen LogP contribution in [-0.2, 0) is 30.5 Å². The Morgan fingerprint density at radius 3 is 2.42 bits per heavy atom. The van der Waals surface area contributed by atoms with Crippen LogP contribution in [0.2, 0.25) is 0 Å². The number of phenolic OH excluding ortho intramolecular Hbond substituents is 1. The number of nitrogens with one attached hydrogen (secondary N) is 1. The van der Waals surface area contributed by atoms with Gasteiger partial charge in [-0.1, -0.05) is 81.5 Å². The SMILES string of the molecule is CCCCC[C@H](O)/C=C/C1=C(\C[C@H](O)CO)[C@H](NC[C@@](C)(O)Cc2ccc(O)cc2CCO)[C@@H](CCCCCC(=O)O)CCc2ccccc2CC1. The van der Waals surface area contributed by atoms with Crippen LogP contribution < -0.4 is 5.32 Å². The topological polar surface area (TPSA) is 171 Å². The van der Waals surface area contributed by atoms with Gasteiger partial charge in [0, 0.05) is 32.0 Å². The molecule has 0 saturated heterocycles. The summed E-state index contributed by atoms with van der Waals surface area (Å²) in [6.45, 7) is 3.63. The number of allylic oxidation sites excluding steroid dienone is 2. The number of fused-ring (bicyclic) bond motifs is 1. The van der Waals surface area contributed by atoms with Gasteiger partial charge in [-0.2, -0.15) is 0 Å². The number of benzene rings is 2. The molecule has 0 bridgehead atoms. The van der Waals surface area contributed by atoms with E-state index in [0.29, 0.717) is 25.7 Å². The Kier molecular flexibility index (Phi) is 19.1. The van der Waals surface area contributed by atoms with Gasteiger partial charge in [-0.25, -0.2) is 0 Å². The van der Waals surface area contributed by atoms with Gasteiger partial charge in [-0.15, -0.1) is 0 Å². The molecule has 1 aliphatic rings. The number of phenols is 1. The van der Waals surface area contributed by atoms with Crippen molar-refractivity contribution in [3.63, 3.8) is 0 Å². The molecule has 9 heteroatoms. The van der Waals surface area contributed by atoms with Crippen LogP contribution in [0.4, 0.5) is 0 Å². The fraction of sp³-hybridized carbons (Fsp3) is 0.605. The van der Waals surface area contributed by atoms with E-state index in [9.17, 15) is 40.5 Å². The molecule has 3 rings (SSSR count). The summed E-state index contributed by atoms with van der Waals surface area (Å²) in [5.41, 5.74) is 4.89. The second kappa shape index (κ2) is 22.9. The van der Waals surface area contributed by atoms with Gasteiger partial charge in [-0.05, 0) is 116 Å². The monoisotopic (exact) mass is 723 g/mol. The van der Waals surface area contributed by atoms with E-state index in [-0.39, 0.29) is 50.1 Å². The summed E-state index contributed by atoms with van der Waals surface area (Å²) < 4.78 is 0. The summed E-state index contributed by atoms with van der Waals surface area (Å²) >= 11 is 0. The maximum Gasteiger partial charge on any atom is 0.303 e. The maximum atomic E-state index is 11.9. The van der Waals surface area contributed by atoms with Crippen LogP contribution >= 0.6 is 0 Å². The minimum absolute atomic E-state index is 0.0594. The van der Waals surface area contributed by atoms with E-state index >= 15 is 0 Å². The molecule has 2 aromatic carbocycles. The third-order valence-corrected chi connectivity index (χ3v) is 10.4. The smallest absolute Gasteiger partial charge is 0.303 e. The van der Waals surface area contributed by atoms with Crippen molar-refractivity contribution in [2.45, 2.75) is 140 Å². The number of unbranched alkanes of at least 4 members (excludes halogenated alkanes) is 4. The molecule has 0 saturated carbocycles. The lowest BCUT2D eigenvalue weighted by Crippen LogP contribution is -2.48. The summed E-state index contributed by atoms with van der Waals surface area (Å²) in [5.74, 6) is -0.638. The van der Waals surface area contributed by atoms with Gasteiger partial charge in [0.05, 0.1) is 24.4 Å². The molecule has 9 nitrogen and oxygen atoms in total. The lowest BCUT2D eigenvalue weighted by atomic mass is 9.77. The summed E-state index contributed by atoms with van der Waals surface area (Å²) in [6.07, 6.45) is 13.0. The van der Waals surface area contributed by atoms with Crippen LogP contribution in [0.5, 0.6) is 5.75 Å². The summed E-state index contributed by atoms with van der Waals surface area (Å²) in [7, 11) is 0. The Labute approximate surface area is 311 Å². The van der Waals surface area contributed by atoms with Crippen LogP contribution in [-0.4, -0.2) is 85.3 Å². The highest BCUT2D eigenvalue weighted by molar-refractivity contribution is 5.66. The van der Waals surface area contributed by atoms with Crippen LogP contribution in [0.25, 0.3) is 0 Å². The molecule has 0 heterocycles. The highest BCUT2D eigenvalue weighted by Gasteiger charge is 2.32. The Morgan fingerprint density at radius 2 is 1.73 bits per heavy atom. The molecule has 0 spiro atoms. The normalized spacial score (nSPS) is 20.7. The number of hydrogen-bond acceptors (Lipinski definition) is 8. The van der Waals surface area contributed by atoms with Crippen LogP contribution in [0.1, 0.15) is 113 Å². The van der Waals surface area contributed by atoms with Crippen molar-refractivity contribution in [3.05, 3.63) is 88.0 Å². The number of hydrogen-bond donors (Lipinski definition) is 8. The average Bonchev–Trinajstić information content (AvgIpc) is 3.11. The molecule has 0 radical (unpaired) electrons. The van der Waals surface area contributed by atoms with Gasteiger partial charge >= 0.3 is 5.97 Å². The van der Waals surface area contributed by atoms with E-state index < -0.39 is 30.4 Å². The van der Waals surface area contributed by atoms with Gasteiger partial charge in [-0.3, -0.25) is 4.79 Å². The Bertz CT molecular complexity index is 1420. The zero-order chi connectivity index (χ0) is 37.9. The minimum atomic E-state index is -1.22. The van der Waals surface area contributed by atoms with Gasteiger partial charge in [0.1, 0.15) is 5.75 Å². The summed E-state index contributed by atoms with van der Waals surface area (Å²) in [4.78, 5) is 11.2. The zero-order valence-corrected chi connectivity index (χ0v) is 31.5. The van der Waals surface area contributed by atoms with Crippen LogP contribution in [0.3, 0.4) is 0 Å². The molecule has 2 aromatic rings. The maximum absolute atomic E-state index is 11.9. The quantitative estimate of drug-likeness (QED) is 0.0685. The third kappa shape index (κ3) is 15.1. The Balaban J connectivity index is 2.08. The van der Waals surface area contributed by atoms with Gasteiger partial charge < -0.3 is 41.1 Å². The number of aryl methyl sites for hydroxylation is 2. The van der Waals surface area contributed by atoms with Crippen LogP contribution in [0, 0.1) is 5.92 Å². The number of aliphatic carboxylic acids is 1. The Hall–Kier alpha value is -3.05. The van der Waals surface area contributed by atoms with Crippen molar-refractivity contribution in [1.82, 2.24) is 5.32 Å². The van der Waals surface area contributed by atoms with Gasteiger partial charge in [0.15, 0.2) is 0 Å². The summed E-state index contributed by atoms with van der Waals surface area (Å²) in [6, 6.07) is 13.2. The van der Waals surface area contributed by atoms with E-state index in [2.05, 4.69) is 36.5 Å².